The molecule has 1 aliphatic heterocycles. The van der Waals surface area contributed by atoms with Gasteiger partial charge in [-0.05, 0) is 86.6 Å². The Bertz CT molecular complexity index is 1350. The fourth-order valence-electron chi connectivity index (χ4n) is 5.01. The number of aromatic nitrogens is 2. The van der Waals surface area contributed by atoms with E-state index < -0.39 is 0 Å². The average Bonchev–Trinajstić information content (AvgIpc) is 3.34. The lowest BCUT2D eigenvalue weighted by molar-refractivity contribution is 0.414. The predicted octanol–water partition coefficient (Wildman–Crippen LogP) is 5.98. The van der Waals surface area contributed by atoms with Gasteiger partial charge in [-0.2, -0.15) is 0 Å². The molecule has 2 aromatic carbocycles. The van der Waals surface area contributed by atoms with Gasteiger partial charge in [0, 0.05) is 23.3 Å². The molecule has 3 heterocycles. The molecule has 2 atom stereocenters. The van der Waals surface area contributed by atoms with E-state index in [1.807, 2.05) is 36.5 Å². The number of ether oxygens (including phenoxy) is 1. The number of benzene rings is 2. The maximum absolute atomic E-state index is 5.90. The van der Waals surface area contributed by atoms with Gasteiger partial charge in [-0.3, -0.25) is 4.98 Å². The standard InChI is InChI=1S/C28H28N4OS/c1-18-10-9-11-21(16-18)31-19(2)17-22(20(31)3)27-26(23-12-7-8-15-29-23)30-28(34)32(27)24-13-5-6-14-25(24)33-4/h5-17,26-27H,1-4H3,(H,30,34)/t26-,27+/m0/s1. The Balaban J connectivity index is 1.71. The third kappa shape index (κ3) is 3.74. The number of thiocarbonyl (C=S) groups is 1. The van der Waals surface area contributed by atoms with Crippen molar-refractivity contribution in [1.29, 1.82) is 0 Å². The van der Waals surface area contributed by atoms with E-state index in [1.165, 1.54) is 22.5 Å². The Kier molecular flexibility index (Phi) is 5.84. The molecule has 1 saturated heterocycles. The fourth-order valence-corrected chi connectivity index (χ4v) is 5.35. The zero-order chi connectivity index (χ0) is 23.8. The van der Waals surface area contributed by atoms with Gasteiger partial charge in [0.25, 0.3) is 0 Å². The zero-order valence-corrected chi connectivity index (χ0v) is 20.6. The van der Waals surface area contributed by atoms with E-state index in [-0.39, 0.29) is 12.1 Å². The minimum absolute atomic E-state index is 0.0940. The van der Waals surface area contributed by atoms with Crippen LogP contribution in [0.15, 0.2) is 79.0 Å². The quantitative estimate of drug-likeness (QED) is 0.365. The van der Waals surface area contributed by atoms with Crippen molar-refractivity contribution < 1.29 is 4.74 Å². The largest absolute Gasteiger partial charge is 0.495 e. The smallest absolute Gasteiger partial charge is 0.174 e. The number of nitrogens with one attached hydrogen (secondary N) is 1. The molecule has 0 saturated carbocycles. The monoisotopic (exact) mass is 468 g/mol. The Morgan fingerprint density at radius 1 is 0.941 bits per heavy atom. The first-order chi connectivity index (χ1) is 16.5. The Labute approximate surface area is 206 Å². The van der Waals surface area contributed by atoms with Crippen molar-refractivity contribution in [2.45, 2.75) is 32.9 Å². The van der Waals surface area contributed by atoms with Gasteiger partial charge in [-0.15, -0.1) is 0 Å². The second-order valence-electron chi connectivity index (χ2n) is 8.67. The maximum atomic E-state index is 5.90. The van der Waals surface area contributed by atoms with E-state index >= 15 is 0 Å². The molecule has 6 heteroatoms. The van der Waals surface area contributed by atoms with Crippen molar-refractivity contribution in [3.8, 4) is 11.4 Å². The first kappa shape index (κ1) is 22.2. The molecule has 5 nitrogen and oxygen atoms in total. The highest BCUT2D eigenvalue weighted by atomic mass is 32.1. The third-order valence-corrected chi connectivity index (χ3v) is 6.81. The highest BCUT2D eigenvalue weighted by molar-refractivity contribution is 7.80. The molecule has 1 fully saturated rings. The van der Waals surface area contributed by atoms with Crippen LogP contribution >= 0.6 is 12.2 Å². The maximum Gasteiger partial charge on any atom is 0.174 e. The van der Waals surface area contributed by atoms with Crippen LogP contribution in [0.4, 0.5) is 5.69 Å². The lowest BCUT2D eigenvalue weighted by Crippen LogP contribution is -2.30. The summed E-state index contributed by atoms with van der Waals surface area (Å²) < 4.78 is 8.04. The number of hydrogen-bond donors (Lipinski definition) is 1. The molecule has 0 spiro atoms. The van der Waals surface area contributed by atoms with Crippen LogP contribution in [0.3, 0.4) is 0 Å². The SMILES string of the molecule is COc1ccccc1N1C(=S)N[C@@H](c2ccccn2)[C@H]1c1cc(C)n(-c2cccc(C)c2)c1C. The van der Waals surface area contributed by atoms with Gasteiger partial charge in [0.15, 0.2) is 5.11 Å². The summed E-state index contributed by atoms with van der Waals surface area (Å²) in [5.41, 5.74) is 7.84. The minimum Gasteiger partial charge on any atom is -0.495 e. The highest BCUT2D eigenvalue weighted by Gasteiger charge is 2.43. The highest BCUT2D eigenvalue weighted by Crippen LogP contribution is 2.46. The summed E-state index contributed by atoms with van der Waals surface area (Å²) >= 11 is 5.90. The third-order valence-electron chi connectivity index (χ3n) is 6.49. The van der Waals surface area contributed by atoms with Gasteiger partial charge in [0.1, 0.15) is 5.75 Å². The van der Waals surface area contributed by atoms with E-state index in [1.54, 1.807) is 7.11 Å². The molecule has 1 N–H and O–H groups in total. The lowest BCUT2D eigenvalue weighted by Gasteiger charge is -2.29. The van der Waals surface area contributed by atoms with Crippen molar-refractivity contribution >= 4 is 23.0 Å². The normalized spacial score (nSPS) is 17.6. The molecule has 0 bridgehead atoms. The lowest BCUT2D eigenvalue weighted by atomic mass is 9.96. The zero-order valence-electron chi connectivity index (χ0n) is 19.8. The van der Waals surface area contributed by atoms with Crippen LogP contribution in [0.5, 0.6) is 5.75 Å². The molecule has 4 aromatic rings. The van der Waals surface area contributed by atoms with Crippen LogP contribution in [-0.2, 0) is 0 Å². The van der Waals surface area contributed by atoms with Gasteiger partial charge in [0.05, 0.1) is 30.6 Å². The van der Waals surface area contributed by atoms with Crippen LogP contribution in [0.25, 0.3) is 5.69 Å². The number of pyridine rings is 1. The molecule has 0 aliphatic carbocycles. The van der Waals surface area contributed by atoms with Crippen molar-refractivity contribution in [1.82, 2.24) is 14.9 Å². The molecule has 1 aliphatic rings. The summed E-state index contributed by atoms with van der Waals surface area (Å²) in [4.78, 5) is 6.86. The Morgan fingerprint density at radius 2 is 1.74 bits per heavy atom. The Hall–Kier alpha value is -3.64. The number of hydrogen-bond acceptors (Lipinski definition) is 3. The Morgan fingerprint density at radius 3 is 2.47 bits per heavy atom. The summed E-state index contributed by atoms with van der Waals surface area (Å²) in [6.45, 7) is 6.46. The van der Waals surface area contributed by atoms with E-state index in [2.05, 4.69) is 83.0 Å². The summed E-state index contributed by atoms with van der Waals surface area (Å²) in [6.07, 6.45) is 1.83. The summed E-state index contributed by atoms with van der Waals surface area (Å²) in [5.74, 6) is 0.783. The van der Waals surface area contributed by atoms with Crippen molar-refractivity contribution in [3.05, 3.63) is 107 Å². The number of anilines is 1. The predicted molar refractivity (Wildman–Crippen MR) is 141 cm³/mol. The van der Waals surface area contributed by atoms with Crippen LogP contribution < -0.4 is 15.0 Å². The molecule has 2 aromatic heterocycles. The van der Waals surface area contributed by atoms with Crippen LogP contribution in [0, 0.1) is 20.8 Å². The van der Waals surface area contributed by atoms with E-state index in [9.17, 15) is 0 Å². The van der Waals surface area contributed by atoms with Crippen molar-refractivity contribution in [2.75, 3.05) is 12.0 Å². The number of rotatable bonds is 5. The first-order valence-corrected chi connectivity index (χ1v) is 11.8. The summed E-state index contributed by atoms with van der Waals surface area (Å²) in [5, 5.41) is 4.21. The van der Waals surface area contributed by atoms with Gasteiger partial charge in [-0.1, -0.05) is 30.3 Å². The van der Waals surface area contributed by atoms with Gasteiger partial charge in [-0.25, -0.2) is 0 Å². The van der Waals surface area contributed by atoms with Gasteiger partial charge >= 0.3 is 0 Å². The van der Waals surface area contributed by atoms with Crippen molar-refractivity contribution in [2.24, 2.45) is 0 Å². The van der Waals surface area contributed by atoms with E-state index in [4.69, 9.17) is 17.0 Å². The van der Waals surface area contributed by atoms with Gasteiger partial charge in [0.2, 0.25) is 0 Å². The molecule has 0 amide bonds. The van der Waals surface area contributed by atoms with E-state index in [0.29, 0.717) is 5.11 Å². The molecule has 172 valence electrons. The molecular formula is C28H28N4OS. The molecule has 34 heavy (non-hydrogen) atoms. The van der Waals surface area contributed by atoms with Crippen LogP contribution in [0.2, 0.25) is 0 Å². The molecule has 5 rings (SSSR count). The summed E-state index contributed by atoms with van der Waals surface area (Å²) in [7, 11) is 1.69. The van der Waals surface area contributed by atoms with Crippen LogP contribution in [0.1, 0.15) is 40.3 Å². The summed E-state index contributed by atoms with van der Waals surface area (Å²) in [6, 6.07) is 24.7. The second-order valence-corrected chi connectivity index (χ2v) is 9.06. The van der Waals surface area contributed by atoms with Gasteiger partial charge < -0.3 is 19.5 Å². The number of para-hydroxylation sites is 2. The minimum atomic E-state index is -0.106. The number of nitrogens with zero attached hydrogens (tertiary/aromatic N) is 3. The fraction of sp³-hybridized carbons (Fsp3) is 0.214. The topological polar surface area (TPSA) is 42.3 Å². The average molecular weight is 469 g/mol. The number of methoxy groups -OCH3 is 1. The molecule has 0 unspecified atom stereocenters. The van der Waals surface area contributed by atoms with Crippen molar-refractivity contribution in [3.63, 3.8) is 0 Å². The number of aryl methyl sites for hydroxylation is 2. The van der Waals surface area contributed by atoms with E-state index in [0.717, 1.165) is 22.8 Å². The molecule has 0 radical (unpaired) electrons. The van der Waals surface area contributed by atoms with Crippen LogP contribution in [-0.4, -0.2) is 21.8 Å². The second kappa shape index (κ2) is 8.95. The molecular weight excluding hydrogens is 440 g/mol. The first-order valence-electron chi connectivity index (χ1n) is 11.4.